The summed E-state index contributed by atoms with van der Waals surface area (Å²) in [6, 6.07) is 9.69. The Morgan fingerprint density at radius 2 is 2.00 bits per heavy atom. The standard InChI is InChI=1S/C13H13N3O3S2/c17-13(16-14-8-11-6-7-20-10-11)9-15-21(18,19)12-4-2-1-3-5-12/h1-8,10,15H,9H2,(H,16,17)/b14-8-. The number of hydrogen-bond acceptors (Lipinski definition) is 5. The number of nitrogens with one attached hydrogen (secondary N) is 2. The van der Waals surface area contributed by atoms with E-state index in [2.05, 4.69) is 15.2 Å². The Kier molecular flexibility index (Phi) is 5.20. The molecule has 21 heavy (non-hydrogen) atoms. The van der Waals surface area contributed by atoms with Gasteiger partial charge in [0.05, 0.1) is 17.7 Å². The maximum atomic E-state index is 11.9. The van der Waals surface area contributed by atoms with E-state index in [0.29, 0.717) is 0 Å². The van der Waals surface area contributed by atoms with Crippen LogP contribution in [0, 0.1) is 0 Å². The molecule has 110 valence electrons. The van der Waals surface area contributed by atoms with Crippen LogP contribution in [-0.4, -0.2) is 27.1 Å². The van der Waals surface area contributed by atoms with E-state index in [1.54, 1.807) is 18.2 Å². The van der Waals surface area contributed by atoms with Gasteiger partial charge in [-0.3, -0.25) is 4.79 Å². The zero-order chi connectivity index (χ0) is 15.1. The fourth-order valence-corrected chi connectivity index (χ4v) is 3.02. The Labute approximate surface area is 126 Å². The third-order valence-corrected chi connectivity index (χ3v) is 4.54. The number of rotatable bonds is 6. The van der Waals surface area contributed by atoms with Gasteiger partial charge in [0.1, 0.15) is 0 Å². The summed E-state index contributed by atoms with van der Waals surface area (Å²) in [5.74, 6) is -0.541. The van der Waals surface area contributed by atoms with Crippen molar-refractivity contribution in [2.45, 2.75) is 4.90 Å². The number of hydrazone groups is 1. The minimum Gasteiger partial charge on any atom is -0.272 e. The van der Waals surface area contributed by atoms with Gasteiger partial charge >= 0.3 is 0 Å². The van der Waals surface area contributed by atoms with Gasteiger partial charge in [-0.1, -0.05) is 18.2 Å². The SMILES string of the molecule is O=C(CNS(=O)(=O)c1ccccc1)N/N=C\c1ccsc1. The molecule has 1 aromatic heterocycles. The second-order valence-corrected chi connectivity index (χ2v) is 6.53. The summed E-state index contributed by atoms with van der Waals surface area (Å²) in [7, 11) is -3.68. The Morgan fingerprint density at radius 3 is 2.67 bits per heavy atom. The van der Waals surface area contributed by atoms with Crippen molar-refractivity contribution in [2.24, 2.45) is 5.10 Å². The predicted octanol–water partition coefficient (Wildman–Crippen LogP) is 1.18. The van der Waals surface area contributed by atoms with E-state index in [4.69, 9.17) is 0 Å². The van der Waals surface area contributed by atoms with Crippen LogP contribution in [0.25, 0.3) is 0 Å². The average Bonchev–Trinajstić information content (AvgIpc) is 2.99. The van der Waals surface area contributed by atoms with Crippen LogP contribution in [0.3, 0.4) is 0 Å². The van der Waals surface area contributed by atoms with Gasteiger partial charge in [0, 0.05) is 5.56 Å². The first-order chi connectivity index (χ1) is 10.1. The first kappa shape index (κ1) is 15.4. The lowest BCUT2D eigenvalue weighted by molar-refractivity contribution is -0.119. The molecule has 0 saturated carbocycles. The summed E-state index contributed by atoms with van der Waals surface area (Å²) in [4.78, 5) is 11.6. The molecule has 0 spiro atoms. The largest absolute Gasteiger partial charge is 0.272 e. The van der Waals surface area contributed by atoms with Crippen LogP contribution in [0.4, 0.5) is 0 Å². The maximum absolute atomic E-state index is 11.9. The molecule has 1 aromatic carbocycles. The molecular weight excluding hydrogens is 310 g/mol. The molecule has 0 unspecified atom stereocenters. The summed E-state index contributed by atoms with van der Waals surface area (Å²) >= 11 is 1.51. The van der Waals surface area contributed by atoms with E-state index in [-0.39, 0.29) is 11.4 Å². The molecule has 0 bridgehead atoms. The highest BCUT2D eigenvalue weighted by Crippen LogP contribution is 2.06. The van der Waals surface area contributed by atoms with E-state index in [1.807, 2.05) is 16.8 Å². The van der Waals surface area contributed by atoms with Gasteiger partial charge in [0.25, 0.3) is 5.91 Å². The van der Waals surface area contributed by atoms with Gasteiger partial charge in [0.15, 0.2) is 0 Å². The third-order valence-electron chi connectivity index (χ3n) is 2.42. The number of nitrogens with zero attached hydrogens (tertiary/aromatic N) is 1. The molecule has 2 aromatic rings. The number of carbonyl (C=O) groups is 1. The molecule has 0 saturated heterocycles. The summed E-state index contributed by atoms with van der Waals surface area (Å²) in [5.41, 5.74) is 3.12. The van der Waals surface area contributed by atoms with Crippen molar-refractivity contribution in [1.82, 2.24) is 10.1 Å². The fourth-order valence-electron chi connectivity index (χ4n) is 1.41. The highest BCUT2D eigenvalue weighted by molar-refractivity contribution is 7.89. The van der Waals surface area contributed by atoms with Crippen LogP contribution in [0.1, 0.15) is 5.56 Å². The van der Waals surface area contributed by atoms with Crippen molar-refractivity contribution in [2.75, 3.05) is 6.54 Å². The van der Waals surface area contributed by atoms with Crippen molar-refractivity contribution in [3.8, 4) is 0 Å². The monoisotopic (exact) mass is 323 g/mol. The number of hydrogen-bond donors (Lipinski definition) is 2. The van der Waals surface area contributed by atoms with Gasteiger partial charge in [-0.15, -0.1) is 0 Å². The quantitative estimate of drug-likeness (QED) is 0.618. The van der Waals surface area contributed by atoms with Crippen molar-refractivity contribution in [3.05, 3.63) is 52.7 Å². The average molecular weight is 323 g/mol. The fraction of sp³-hybridized carbons (Fsp3) is 0.0769. The van der Waals surface area contributed by atoms with E-state index >= 15 is 0 Å². The van der Waals surface area contributed by atoms with Crippen molar-refractivity contribution < 1.29 is 13.2 Å². The number of carbonyl (C=O) groups excluding carboxylic acids is 1. The molecule has 0 radical (unpaired) electrons. The van der Waals surface area contributed by atoms with Crippen LogP contribution < -0.4 is 10.1 Å². The molecular formula is C13H13N3O3S2. The summed E-state index contributed by atoms with van der Waals surface area (Å²) < 4.78 is 25.9. The van der Waals surface area contributed by atoms with Crippen molar-refractivity contribution in [3.63, 3.8) is 0 Å². The molecule has 8 heteroatoms. The molecule has 0 aliphatic carbocycles. The van der Waals surface area contributed by atoms with E-state index < -0.39 is 15.9 Å². The highest BCUT2D eigenvalue weighted by atomic mass is 32.2. The molecule has 2 N–H and O–H groups in total. The molecule has 2 rings (SSSR count). The molecule has 6 nitrogen and oxygen atoms in total. The minimum absolute atomic E-state index is 0.111. The van der Waals surface area contributed by atoms with Gasteiger partial charge in [0.2, 0.25) is 10.0 Å². The Bertz CT molecular complexity index is 710. The van der Waals surface area contributed by atoms with Crippen molar-refractivity contribution in [1.29, 1.82) is 0 Å². The van der Waals surface area contributed by atoms with Crippen LogP contribution in [0.15, 0.2) is 57.2 Å². The Balaban J connectivity index is 1.84. The zero-order valence-electron chi connectivity index (χ0n) is 10.9. The van der Waals surface area contributed by atoms with Crippen molar-refractivity contribution >= 4 is 33.5 Å². The zero-order valence-corrected chi connectivity index (χ0v) is 12.5. The normalized spacial score (nSPS) is 11.6. The predicted molar refractivity (Wildman–Crippen MR) is 81.7 cm³/mol. The first-order valence-electron chi connectivity index (χ1n) is 5.97. The number of benzene rings is 1. The van der Waals surface area contributed by atoms with Crippen LogP contribution in [-0.2, 0) is 14.8 Å². The molecule has 0 fully saturated rings. The van der Waals surface area contributed by atoms with E-state index in [0.717, 1.165) is 5.56 Å². The molecule has 0 aliphatic rings. The first-order valence-corrected chi connectivity index (χ1v) is 8.39. The second-order valence-electron chi connectivity index (χ2n) is 3.99. The van der Waals surface area contributed by atoms with Gasteiger partial charge in [-0.25, -0.2) is 18.6 Å². The smallest absolute Gasteiger partial charge is 0.255 e. The Hall–Kier alpha value is -2.03. The maximum Gasteiger partial charge on any atom is 0.255 e. The summed E-state index contributed by atoms with van der Waals surface area (Å²) in [6.45, 7) is -0.377. The lowest BCUT2D eigenvalue weighted by Crippen LogP contribution is -2.34. The highest BCUT2D eigenvalue weighted by Gasteiger charge is 2.14. The number of thiophene rings is 1. The van der Waals surface area contributed by atoms with Gasteiger partial charge < -0.3 is 0 Å². The van der Waals surface area contributed by atoms with Crippen LogP contribution in [0.2, 0.25) is 0 Å². The van der Waals surface area contributed by atoms with E-state index in [1.165, 1.54) is 29.7 Å². The van der Waals surface area contributed by atoms with Crippen LogP contribution in [0.5, 0.6) is 0 Å². The molecule has 0 atom stereocenters. The van der Waals surface area contributed by atoms with Gasteiger partial charge in [-0.2, -0.15) is 16.4 Å². The van der Waals surface area contributed by atoms with Crippen LogP contribution >= 0.6 is 11.3 Å². The third kappa shape index (κ3) is 4.78. The number of amides is 1. The van der Waals surface area contributed by atoms with Gasteiger partial charge in [-0.05, 0) is 29.0 Å². The molecule has 1 amide bonds. The number of sulfonamides is 1. The summed E-state index contributed by atoms with van der Waals surface area (Å²) in [6.07, 6.45) is 1.49. The molecule has 1 heterocycles. The lowest BCUT2D eigenvalue weighted by Gasteiger charge is -2.05. The lowest BCUT2D eigenvalue weighted by atomic mass is 10.4. The van der Waals surface area contributed by atoms with E-state index in [9.17, 15) is 13.2 Å². The molecule has 0 aliphatic heterocycles. The topological polar surface area (TPSA) is 87.6 Å². The Morgan fingerprint density at radius 1 is 1.24 bits per heavy atom. The summed E-state index contributed by atoms with van der Waals surface area (Å²) in [5, 5.41) is 7.49. The second kappa shape index (κ2) is 7.11. The minimum atomic E-state index is -3.68.